The molecule has 23 heavy (non-hydrogen) atoms. The number of amides is 2. The molecule has 1 atom stereocenters. The quantitative estimate of drug-likeness (QED) is 0.793. The number of carbonyl (C=O) groups is 1. The van der Waals surface area contributed by atoms with Crippen molar-refractivity contribution in [2.75, 3.05) is 40.3 Å². The van der Waals surface area contributed by atoms with Crippen LogP contribution in [0.15, 0.2) is 18.2 Å². The fourth-order valence-electron chi connectivity index (χ4n) is 2.47. The number of carbonyl (C=O) groups excluding carboxylic acids is 1. The lowest BCUT2D eigenvalue weighted by atomic mass is 10.3. The summed E-state index contributed by atoms with van der Waals surface area (Å²) in [5, 5.41) is 3.83. The van der Waals surface area contributed by atoms with Gasteiger partial charge in [-0.1, -0.05) is 29.3 Å². The van der Waals surface area contributed by atoms with E-state index in [-0.39, 0.29) is 12.1 Å². The molecule has 2 rings (SSSR count). The van der Waals surface area contributed by atoms with E-state index in [1.165, 1.54) is 0 Å². The lowest BCUT2D eigenvalue weighted by molar-refractivity contribution is 0.186. The van der Waals surface area contributed by atoms with Crippen molar-refractivity contribution in [3.05, 3.63) is 28.2 Å². The van der Waals surface area contributed by atoms with Crippen molar-refractivity contribution in [3.63, 3.8) is 0 Å². The Morgan fingerprint density at radius 3 is 2.96 bits per heavy atom. The molecular weight excluding hydrogens is 337 g/mol. The molecule has 1 aliphatic heterocycles. The van der Waals surface area contributed by atoms with Crippen molar-refractivity contribution < 1.29 is 9.53 Å². The third-order valence-electron chi connectivity index (χ3n) is 3.70. The van der Waals surface area contributed by atoms with Crippen molar-refractivity contribution in [2.45, 2.75) is 18.9 Å². The van der Waals surface area contributed by atoms with Gasteiger partial charge in [0.15, 0.2) is 0 Å². The number of rotatable bonds is 6. The molecule has 1 saturated heterocycles. The monoisotopic (exact) mass is 359 g/mol. The lowest BCUT2D eigenvalue weighted by Crippen LogP contribution is -2.40. The van der Waals surface area contributed by atoms with Gasteiger partial charge in [-0.2, -0.15) is 0 Å². The molecule has 128 valence electrons. The van der Waals surface area contributed by atoms with Crippen LogP contribution in [0.25, 0.3) is 0 Å². The van der Waals surface area contributed by atoms with Gasteiger partial charge in [0.05, 0.1) is 11.6 Å². The van der Waals surface area contributed by atoms with E-state index in [2.05, 4.69) is 10.2 Å². The number of nitrogens with zero attached hydrogens (tertiary/aromatic N) is 2. The average molecular weight is 360 g/mol. The van der Waals surface area contributed by atoms with Gasteiger partial charge in [0.2, 0.25) is 0 Å². The van der Waals surface area contributed by atoms with Crippen molar-refractivity contribution in [3.8, 4) is 5.75 Å². The summed E-state index contributed by atoms with van der Waals surface area (Å²) in [6.45, 7) is 2.88. The zero-order valence-corrected chi connectivity index (χ0v) is 15.0. The molecule has 0 spiro atoms. The minimum absolute atomic E-state index is 0.0351. The van der Waals surface area contributed by atoms with Gasteiger partial charge < -0.3 is 19.9 Å². The van der Waals surface area contributed by atoms with Crippen LogP contribution in [0.2, 0.25) is 10.0 Å². The first kappa shape index (κ1) is 18.2. The lowest BCUT2D eigenvalue weighted by Gasteiger charge is -2.19. The highest BCUT2D eigenvalue weighted by Gasteiger charge is 2.28. The number of urea groups is 1. The molecule has 1 aliphatic rings. The fraction of sp³-hybridized carbons (Fsp3) is 0.562. The first-order valence-electron chi connectivity index (χ1n) is 7.75. The molecule has 0 aliphatic carbocycles. The van der Waals surface area contributed by atoms with Crippen LogP contribution in [0, 0.1) is 0 Å². The average Bonchev–Trinajstić information content (AvgIpc) is 2.97. The molecule has 1 aromatic carbocycles. The maximum Gasteiger partial charge on any atom is 0.317 e. The molecule has 2 amide bonds. The molecule has 0 bridgehead atoms. The fourth-order valence-corrected chi connectivity index (χ4v) is 2.80. The summed E-state index contributed by atoms with van der Waals surface area (Å²) in [6.07, 6.45) is 1.66. The number of nitrogens with one attached hydrogen (secondary N) is 1. The van der Waals surface area contributed by atoms with Crippen LogP contribution in [0.1, 0.15) is 12.8 Å². The second-order valence-corrected chi connectivity index (χ2v) is 6.70. The van der Waals surface area contributed by atoms with Gasteiger partial charge in [-0.25, -0.2) is 4.79 Å². The van der Waals surface area contributed by atoms with E-state index >= 15 is 0 Å². The first-order chi connectivity index (χ1) is 11.0. The van der Waals surface area contributed by atoms with E-state index in [9.17, 15) is 4.79 Å². The number of hydrogen-bond donors (Lipinski definition) is 1. The molecule has 1 heterocycles. The van der Waals surface area contributed by atoms with Crippen LogP contribution < -0.4 is 10.1 Å². The van der Waals surface area contributed by atoms with E-state index in [1.54, 1.807) is 23.1 Å². The predicted octanol–water partition coefficient (Wildman–Crippen LogP) is 3.11. The Balaban J connectivity index is 1.77. The van der Waals surface area contributed by atoms with Gasteiger partial charge in [0.25, 0.3) is 0 Å². The Kier molecular flexibility index (Phi) is 6.81. The Bertz CT molecular complexity index is 540. The van der Waals surface area contributed by atoms with Gasteiger partial charge >= 0.3 is 6.03 Å². The van der Waals surface area contributed by atoms with Crippen molar-refractivity contribution >= 4 is 29.2 Å². The van der Waals surface area contributed by atoms with Crippen molar-refractivity contribution in [1.82, 2.24) is 15.1 Å². The zero-order valence-electron chi connectivity index (χ0n) is 13.5. The Labute approximate surface area is 147 Å². The topological polar surface area (TPSA) is 44.8 Å². The van der Waals surface area contributed by atoms with Gasteiger partial charge in [0, 0.05) is 19.5 Å². The number of halogens is 2. The zero-order chi connectivity index (χ0) is 16.8. The van der Waals surface area contributed by atoms with Gasteiger partial charge in [-0.3, -0.25) is 0 Å². The minimum atomic E-state index is -0.0570. The predicted molar refractivity (Wildman–Crippen MR) is 93.6 cm³/mol. The molecule has 0 radical (unpaired) electrons. The Hall–Kier alpha value is -1.17. The highest BCUT2D eigenvalue weighted by Crippen LogP contribution is 2.33. The molecule has 7 heteroatoms. The Morgan fingerprint density at radius 2 is 2.22 bits per heavy atom. The third kappa shape index (κ3) is 5.44. The number of ether oxygens (including phenoxy) is 1. The summed E-state index contributed by atoms with van der Waals surface area (Å²) in [5.41, 5.74) is 0. The van der Waals surface area contributed by atoms with E-state index in [4.69, 9.17) is 27.9 Å². The maximum atomic E-state index is 12.1. The smallest absolute Gasteiger partial charge is 0.317 e. The second-order valence-electron chi connectivity index (χ2n) is 5.92. The van der Waals surface area contributed by atoms with Crippen LogP contribution in [0.4, 0.5) is 4.79 Å². The number of benzene rings is 1. The molecule has 0 saturated carbocycles. The summed E-state index contributed by atoms with van der Waals surface area (Å²) in [6, 6.07) is 5.28. The highest BCUT2D eigenvalue weighted by atomic mass is 35.5. The molecule has 5 nitrogen and oxygen atoms in total. The Morgan fingerprint density at radius 1 is 1.43 bits per heavy atom. The molecule has 1 fully saturated rings. The summed E-state index contributed by atoms with van der Waals surface area (Å²) in [4.78, 5) is 16.0. The van der Waals surface area contributed by atoms with E-state index in [1.807, 2.05) is 14.1 Å². The first-order valence-corrected chi connectivity index (χ1v) is 8.51. The van der Waals surface area contributed by atoms with Crippen LogP contribution in [-0.2, 0) is 0 Å². The van der Waals surface area contributed by atoms with Gasteiger partial charge in [0.1, 0.15) is 16.9 Å². The molecular formula is C16H23Cl2N3O2. The summed E-state index contributed by atoms with van der Waals surface area (Å²) in [5.74, 6) is 0.567. The SMILES string of the molecule is CN(C)CCCNC(=O)N1CCC(Oc2cccc(Cl)c2Cl)C1. The van der Waals surface area contributed by atoms with Gasteiger partial charge in [-0.05, 0) is 39.2 Å². The summed E-state index contributed by atoms with van der Waals surface area (Å²) < 4.78 is 5.88. The molecule has 1 N–H and O–H groups in total. The van der Waals surface area contributed by atoms with Crippen molar-refractivity contribution in [2.24, 2.45) is 0 Å². The van der Waals surface area contributed by atoms with E-state index in [0.717, 1.165) is 19.4 Å². The van der Waals surface area contributed by atoms with Crippen LogP contribution in [0.3, 0.4) is 0 Å². The molecule has 1 unspecified atom stereocenters. The number of hydrogen-bond acceptors (Lipinski definition) is 3. The largest absolute Gasteiger partial charge is 0.487 e. The van der Waals surface area contributed by atoms with Crippen LogP contribution >= 0.6 is 23.2 Å². The minimum Gasteiger partial charge on any atom is -0.487 e. The van der Waals surface area contributed by atoms with Crippen molar-refractivity contribution in [1.29, 1.82) is 0 Å². The normalized spacial score (nSPS) is 17.6. The van der Waals surface area contributed by atoms with Gasteiger partial charge in [-0.15, -0.1) is 0 Å². The second kappa shape index (κ2) is 8.62. The summed E-state index contributed by atoms with van der Waals surface area (Å²) in [7, 11) is 4.04. The van der Waals surface area contributed by atoms with E-state index < -0.39 is 0 Å². The molecule has 1 aromatic rings. The highest BCUT2D eigenvalue weighted by molar-refractivity contribution is 6.42. The number of likely N-dealkylation sites (tertiary alicyclic amines) is 1. The van der Waals surface area contributed by atoms with Crippen LogP contribution in [-0.4, -0.2) is 62.2 Å². The van der Waals surface area contributed by atoms with E-state index in [0.29, 0.717) is 35.4 Å². The standard InChI is InChI=1S/C16H23Cl2N3O2/c1-20(2)9-4-8-19-16(22)21-10-7-12(11-21)23-14-6-3-5-13(17)15(14)18/h3,5-6,12H,4,7-11H2,1-2H3,(H,19,22). The summed E-state index contributed by atoms with van der Waals surface area (Å²) >= 11 is 12.1. The van der Waals surface area contributed by atoms with Crippen LogP contribution in [0.5, 0.6) is 5.75 Å². The maximum absolute atomic E-state index is 12.1. The molecule has 0 aromatic heterocycles. The third-order valence-corrected chi connectivity index (χ3v) is 4.50.